The third kappa shape index (κ3) is 4.75. The fraction of sp³-hybridized carbons (Fsp3) is 0.409. The highest BCUT2D eigenvalue weighted by Crippen LogP contribution is 2.32. The maximum atomic E-state index is 14.3. The number of benzene rings is 1. The quantitative estimate of drug-likeness (QED) is 0.650. The fourth-order valence-corrected chi connectivity index (χ4v) is 4.31. The Morgan fingerprint density at radius 2 is 1.76 bits per heavy atom. The lowest BCUT2D eigenvalue weighted by molar-refractivity contribution is -0.138. The number of piperidine rings is 1. The largest absolute Gasteiger partial charge is 0.478 e. The molecular formula is C22H21F5N4O3. The van der Waals surface area contributed by atoms with Crippen molar-refractivity contribution in [3.05, 3.63) is 58.8 Å². The standard InChI is InChI=1S/C22H21F5N4O3/c23-17-9-13(20(32)33)1-2-14(17)12-30-7-8-31(21(30)34)16-3-5-29(6-4-16)19-18(24)10-15(11-28-19)22(25,26)27/h1-2,9-11,16H,3-8,12H2,(H,32,33). The van der Waals surface area contributed by atoms with Gasteiger partial charge >= 0.3 is 18.2 Å². The molecule has 0 aliphatic carbocycles. The van der Waals surface area contributed by atoms with E-state index < -0.39 is 29.3 Å². The molecule has 182 valence electrons. The van der Waals surface area contributed by atoms with Crippen LogP contribution in [0, 0.1) is 11.6 Å². The number of halogens is 5. The second kappa shape index (κ2) is 9.07. The first-order valence-electron chi connectivity index (χ1n) is 10.6. The van der Waals surface area contributed by atoms with Crippen LogP contribution in [-0.4, -0.2) is 64.1 Å². The van der Waals surface area contributed by atoms with Crippen molar-refractivity contribution in [3.8, 4) is 0 Å². The summed E-state index contributed by atoms with van der Waals surface area (Å²) in [5, 5.41) is 8.95. The average Bonchev–Trinajstić information content (AvgIpc) is 3.14. The molecule has 2 aliphatic heterocycles. The van der Waals surface area contributed by atoms with Crippen molar-refractivity contribution in [3.63, 3.8) is 0 Å². The number of alkyl halides is 3. The SMILES string of the molecule is O=C(O)c1ccc(CN2CCN(C3CCN(c4ncc(C(F)(F)F)cc4F)CC3)C2=O)c(F)c1. The molecule has 0 radical (unpaired) electrons. The Labute approximate surface area is 191 Å². The lowest BCUT2D eigenvalue weighted by Gasteiger charge is -2.37. The van der Waals surface area contributed by atoms with Crippen molar-refractivity contribution in [2.75, 3.05) is 31.1 Å². The monoisotopic (exact) mass is 484 g/mol. The molecule has 0 saturated carbocycles. The third-order valence-electron chi connectivity index (χ3n) is 6.14. The Kier molecular flexibility index (Phi) is 6.32. The van der Waals surface area contributed by atoms with Gasteiger partial charge in [0.05, 0.1) is 17.7 Å². The summed E-state index contributed by atoms with van der Waals surface area (Å²) < 4.78 is 66.7. The average molecular weight is 484 g/mol. The van der Waals surface area contributed by atoms with E-state index >= 15 is 0 Å². The molecule has 0 atom stereocenters. The highest BCUT2D eigenvalue weighted by atomic mass is 19.4. The Hall–Kier alpha value is -3.44. The van der Waals surface area contributed by atoms with E-state index in [-0.39, 0.29) is 35.6 Å². The van der Waals surface area contributed by atoms with Crippen LogP contribution in [0.2, 0.25) is 0 Å². The van der Waals surface area contributed by atoms with E-state index in [9.17, 15) is 31.5 Å². The van der Waals surface area contributed by atoms with Crippen LogP contribution in [0.5, 0.6) is 0 Å². The van der Waals surface area contributed by atoms with Crippen LogP contribution in [0.3, 0.4) is 0 Å². The summed E-state index contributed by atoms with van der Waals surface area (Å²) in [5.74, 6) is -3.15. The van der Waals surface area contributed by atoms with Crippen molar-refractivity contribution < 1.29 is 36.6 Å². The minimum absolute atomic E-state index is 0.000591. The summed E-state index contributed by atoms with van der Waals surface area (Å²) >= 11 is 0. The van der Waals surface area contributed by atoms with Gasteiger partial charge in [-0.15, -0.1) is 0 Å². The van der Waals surface area contributed by atoms with E-state index in [1.165, 1.54) is 17.0 Å². The highest BCUT2D eigenvalue weighted by Gasteiger charge is 2.37. The van der Waals surface area contributed by atoms with Gasteiger partial charge in [-0.25, -0.2) is 23.4 Å². The molecule has 12 heteroatoms. The molecule has 2 amide bonds. The number of carbonyl (C=O) groups excluding carboxylic acids is 1. The minimum atomic E-state index is -4.68. The molecular weight excluding hydrogens is 463 g/mol. The number of urea groups is 1. The van der Waals surface area contributed by atoms with Gasteiger partial charge in [0.1, 0.15) is 5.82 Å². The Morgan fingerprint density at radius 3 is 2.35 bits per heavy atom. The smallest absolute Gasteiger partial charge is 0.417 e. The van der Waals surface area contributed by atoms with Gasteiger partial charge < -0.3 is 19.8 Å². The van der Waals surface area contributed by atoms with Gasteiger partial charge in [-0.05, 0) is 31.0 Å². The summed E-state index contributed by atoms with van der Waals surface area (Å²) in [6, 6.07) is 3.55. The van der Waals surface area contributed by atoms with Crippen LogP contribution < -0.4 is 4.90 Å². The maximum absolute atomic E-state index is 14.3. The van der Waals surface area contributed by atoms with Crippen LogP contribution in [0.4, 0.5) is 32.6 Å². The summed E-state index contributed by atoms with van der Waals surface area (Å²) in [6.45, 7) is 1.42. The third-order valence-corrected chi connectivity index (χ3v) is 6.14. The summed E-state index contributed by atoms with van der Waals surface area (Å²) in [5.41, 5.74) is -1.12. The number of pyridine rings is 1. The van der Waals surface area contributed by atoms with Gasteiger partial charge in [0.2, 0.25) is 0 Å². The summed E-state index contributed by atoms with van der Waals surface area (Å²) in [4.78, 5) is 32.2. The maximum Gasteiger partial charge on any atom is 0.417 e. The number of carbonyl (C=O) groups is 2. The molecule has 1 N–H and O–H groups in total. The van der Waals surface area contributed by atoms with Gasteiger partial charge in [0.15, 0.2) is 11.6 Å². The van der Waals surface area contributed by atoms with Gasteiger partial charge in [-0.1, -0.05) is 6.07 Å². The molecule has 0 spiro atoms. The van der Waals surface area contributed by atoms with Gasteiger partial charge in [-0.2, -0.15) is 13.2 Å². The number of aromatic carboxylic acids is 1. The molecule has 2 aliphatic rings. The number of carboxylic acid groups (broad SMARTS) is 1. The fourth-order valence-electron chi connectivity index (χ4n) is 4.31. The van der Waals surface area contributed by atoms with Crippen LogP contribution in [0.25, 0.3) is 0 Å². The second-order valence-electron chi connectivity index (χ2n) is 8.25. The molecule has 0 unspecified atom stereocenters. The summed E-state index contributed by atoms with van der Waals surface area (Å²) in [6.07, 6.45) is -3.12. The number of amides is 2. The lowest BCUT2D eigenvalue weighted by atomic mass is 10.0. The number of hydrogen-bond acceptors (Lipinski definition) is 4. The first-order valence-corrected chi connectivity index (χ1v) is 10.6. The predicted octanol–water partition coefficient (Wildman–Crippen LogP) is 3.98. The number of carboxylic acids is 1. The van der Waals surface area contributed by atoms with E-state index in [0.717, 1.165) is 6.07 Å². The number of anilines is 1. The van der Waals surface area contributed by atoms with Crippen molar-refractivity contribution in [2.24, 2.45) is 0 Å². The van der Waals surface area contributed by atoms with Gasteiger partial charge in [0, 0.05) is 44.0 Å². The van der Waals surface area contributed by atoms with Gasteiger partial charge in [-0.3, -0.25) is 0 Å². The Morgan fingerprint density at radius 1 is 1.06 bits per heavy atom. The molecule has 34 heavy (non-hydrogen) atoms. The molecule has 0 bridgehead atoms. The molecule has 7 nitrogen and oxygen atoms in total. The topological polar surface area (TPSA) is 77.0 Å². The zero-order valence-corrected chi connectivity index (χ0v) is 17.9. The number of aromatic nitrogens is 1. The van der Waals surface area contributed by atoms with E-state index in [4.69, 9.17) is 5.11 Å². The zero-order chi connectivity index (χ0) is 24.6. The van der Waals surface area contributed by atoms with Crippen molar-refractivity contribution in [2.45, 2.75) is 31.6 Å². The lowest BCUT2D eigenvalue weighted by Crippen LogP contribution is -2.47. The first kappa shape index (κ1) is 23.7. The van der Waals surface area contributed by atoms with Gasteiger partial charge in [0.25, 0.3) is 0 Å². The van der Waals surface area contributed by atoms with Crippen molar-refractivity contribution >= 4 is 17.8 Å². The number of nitrogens with zero attached hydrogens (tertiary/aromatic N) is 4. The Bertz CT molecular complexity index is 1100. The molecule has 3 heterocycles. The summed E-state index contributed by atoms with van der Waals surface area (Å²) in [7, 11) is 0. The minimum Gasteiger partial charge on any atom is -0.478 e. The zero-order valence-electron chi connectivity index (χ0n) is 17.9. The molecule has 1 aromatic heterocycles. The van der Waals surface area contributed by atoms with E-state index in [2.05, 4.69) is 4.98 Å². The normalized spacial score (nSPS) is 17.6. The van der Waals surface area contributed by atoms with E-state index in [1.807, 2.05) is 0 Å². The van der Waals surface area contributed by atoms with Crippen LogP contribution >= 0.6 is 0 Å². The van der Waals surface area contributed by atoms with Crippen molar-refractivity contribution in [1.29, 1.82) is 0 Å². The molecule has 4 rings (SSSR count). The number of hydrogen-bond donors (Lipinski definition) is 1. The van der Waals surface area contributed by atoms with Crippen LogP contribution in [-0.2, 0) is 12.7 Å². The number of rotatable bonds is 5. The second-order valence-corrected chi connectivity index (χ2v) is 8.25. The van der Waals surface area contributed by atoms with Crippen LogP contribution in [0.15, 0.2) is 30.5 Å². The molecule has 2 aromatic rings. The first-order chi connectivity index (χ1) is 16.0. The Balaban J connectivity index is 1.36. The van der Waals surface area contributed by atoms with Crippen molar-refractivity contribution in [1.82, 2.24) is 14.8 Å². The van der Waals surface area contributed by atoms with E-state index in [0.29, 0.717) is 51.3 Å². The highest BCUT2D eigenvalue weighted by molar-refractivity contribution is 5.87. The predicted molar refractivity (Wildman–Crippen MR) is 110 cm³/mol. The molecule has 2 fully saturated rings. The van der Waals surface area contributed by atoms with E-state index in [1.54, 1.807) is 9.80 Å². The molecule has 1 aromatic carbocycles. The molecule has 2 saturated heterocycles. The van der Waals surface area contributed by atoms with Crippen LogP contribution in [0.1, 0.15) is 34.3 Å².